The highest BCUT2D eigenvalue weighted by Crippen LogP contribution is 2.28. The molecule has 0 aromatic heterocycles. The smallest absolute Gasteiger partial charge is 0.251 e. The highest BCUT2D eigenvalue weighted by Gasteiger charge is 2.39. The number of nitrogens with one attached hydrogen (secondary N) is 1. The van der Waals surface area contributed by atoms with E-state index in [2.05, 4.69) is 5.32 Å². The van der Waals surface area contributed by atoms with Gasteiger partial charge in [0.1, 0.15) is 0 Å². The van der Waals surface area contributed by atoms with E-state index < -0.39 is 6.04 Å². The molecule has 6 nitrogen and oxygen atoms in total. The minimum atomic E-state index is -0.564. The third kappa shape index (κ3) is 3.66. The molecule has 0 aliphatic carbocycles. The number of nitrogens with zero attached hydrogens (tertiary/aromatic N) is 1. The van der Waals surface area contributed by atoms with Crippen LogP contribution in [-0.4, -0.2) is 32.1 Å². The highest BCUT2D eigenvalue weighted by atomic mass is 35.5. The van der Waals surface area contributed by atoms with Crippen molar-refractivity contribution in [2.45, 2.75) is 19.0 Å². The molecule has 2 aromatic carbocycles. The van der Waals surface area contributed by atoms with Crippen LogP contribution in [0.3, 0.4) is 0 Å². The molecule has 1 N–H and O–H groups in total. The van der Waals surface area contributed by atoms with E-state index in [4.69, 9.17) is 21.1 Å². The molecule has 0 radical (unpaired) electrons. The molecule has 26 heavy (non-hydrogen) atoms. The second kappa shape index (κ2) is 7.76. The van der Waals surface area contributed by atoms with Crippen LogP contribution >= 0.6 is 11.6 Å². The summed E-state index contributed by atoms with van der Waals surface area (Å²) in [5, 5.41) is 3.70. The molecule has 3 rings (SSSR count). The molecule has 0 saturated carbocycles. The third-order valence-electron chi connectivity index (χ3n) is 4.23. The first-order valence-electron chi connectivity index (χ1n) is 8.10. The zero-order valence-corrected chi connectivity index (χ0v) is 15.2. The van der Waals surface area contributed by atoms with Gasteiger partial charge in [-0.05, 0) is 42.0 Å². The molecule has 2 aromatic rings. The number of benzene rings is 2. The maximum atomic E-state index is 12.6. The fourth-order valence-electron chi connectivity index (χ4n) is 2.88. The Balaban J connectivity index is 1.69. The van der Waals surface area contributed by atoms with E-state index in [1.807, 2.05) is 12.1 Å². The number of anilines is 1. The zero-order valence-electron chi connectivity index (χ0n) is 14.5. The Labute approximate surface area is 156 Å². The summed E-state index contributed by atoms with van der Waals surface area (Å²) >= 11 is 5.86. The third-order valence-corrected chi connectivity index (χ3v) is 4.48. The van der Waals surface area contributed by atoms with Crippen molar-refractivity contribution >= 4 is 29.1 Å². The average Bonchev–Trinajstić information content (AvgIpc) is 2.94. The minimum Gasteiger partial charge on any atom is -0.493 e. The lowest BCUT2D eigenvalue weighted by Gasteiger charge is -2.16. The van der Waals surface area contributed by atoms with E-state index in [1.165, 1.54) is 4.90 Å². The summed E-state index contributed by atoms with van der Waals surface area (Å²) in [7, 11) is 3.14. The Kier molecular flexibility index (Phi) is 5.44. The lowest BCUT2D eigenvalue weighted by atomic mass is 10.1. The van der Waals surface area contributed by atoms with Crippen molar-refractivity contribution in [3.05, 3.63) is 53.1 Å². The summed E-state index contributed by atoms with van der Waals surface area (Å²) in [5.74, 6) is 0.751. The van der Waals surface area contributed by atoms with Gasteiger partial charge in [0.2, 0.25) is 5.91 Å². The summed E-state index contributed by atoms with van der Waals surface area (Å²) in [6, 6.07) is 11.6. The van der Waals surface area contributed by atoms with Crippen LogP contribution in [0, 0.1) is 0 Å². The molecular weight excluding hydrogens is 356 g/mol. The standard InChI is InChI=1S/C19H19ClN2O4/c1-25-16-8-3-12(9-17(16)26-2)11-21-15-10-18(23)22(19(15)24)14-6-4-13(20)5-7-14/h3-9,15,21H,10-11H2,1-2H3/t15-/m1/s1. The first-order chi connectivity index (χ1) is 12.5. The van der Waals surface area contributed by atoms with Crippen LogP contribution in [0.2, 0.25) is 5.02 Å². The van der Waals surface area contributed by atoms with E-state index in [9.17, 15) is 9.59 Å². The van der Waals surface area contributed by atoms with E-state index in [1.54, 1.807) is 44.6 Å². The number of carbonyl (C=O) groups excluding carboxylic acids is 2. The average molecular weight is 375 g/mol. The fourth-order valence-corrected chi connectivity index (χ4v) is 3.01. The van der Waals surface area contributed by atoms with Crippen molar-refractivity contribution in [1.29, 1.82) is 0 Å². The molecule has 0 unspecified atom stereocenters. The normalized spacial score (nSPS) is 16.9. The summed E-state index contributed by atoms with van der Waals surface area (Å²) in [4.78, 5) is 26.1. The van der Waals surface area contributed by atoms with Gasteiger partial charge in [-0.2, -0.15) is 0 Å². The Morgan fingerprint density at radius 1 is 1.08 bits per heavy atom. The molecule has 1 atom stereocenters. The number of hydrogen-bond donors (Lipinski definition) is 1. The Hall–Kier alpha value is -2.57. The van der Waals surface area contributed by atoms with Gasteiger partial charge in [0.05, 0.1) is 32.4 Å². The number of ether oxygens (including phenoxy) is 2. The Morgan fingerprint density at radius 2 is 1.77 bits per heavy atom. The molecule has 1 aliphatic rings. The number of halogens is 1. The number of hydrogen-bond acceptors (Lipinski definition) is 5. The highest BCUT2D eigenvalue weighted by molar-refractivity contribution is 6.30. The number of carbonyl (C=O) groups is 2. The van der Waals surface area contributed by atoms with Crippen molar-refractivity contribution in [2.24, 2.45) is 0 Å². The number of methoxy groups -OCH3 is 2. The van der Waals surface area contributed by atoms with E-state index in [-0.39, 0.29) is 18.2 Å². The maximum absolute atomic E-state index is 12.6. The van der Waals surface area contributed by atoms with Crippen molar-refractivity contribution in [2.75, 3.05) is 19.1 Å². The van der Waals surface area contributed by atoms with Crippen LogP contribution in [0.15, 0.2) is 42.5 Å². The molecule has 136 valence electrons. The van der Waals surface area contributed by atoms with Crippen LogP contribution in [0.1, 0.15) is 12.0 Å². The summed E-state index contributed by atoms with van der Waals surface area (Å²) in [6.07, 6.45) is 0.120. The summed E-state index contributed by atoms with van der Waals surface area (Å²) in [5.41, 5.74) is 1.45. The molecule has 1 saturated heterocycles. The SMILES string of the molecule is COc1ccc(CN[C@@H]2CC(=O)N(c3ccc(Cl)cc3)C2=O)cc1OC. The second-order valence-electron chi connectivity index (χ2n) is 5.87. The lowest BCUT2D eigenvalue weighted by molar-refractivity contribution is -0.121. The topological polar surface area (TPSA) is 67.9 Å². The second-order valence-corrected chi connectivity index (χ2v) is 6.31. The molecule has 0 spiro atoms. The van der Waals surface area contributed by atoms with Crippen LogP contribution in [-0.2, 0) is 16.1 Å². The van der Waals surface area contributed by atoms with Gasteiger partial charge in [-0.15, -0.1) is 0 Å². The Bertz CT molecular complexity index is 823. The van der Waals surface area contributed by atoms with Crippen LogP contribution in [0.25, 0.3) is 0 Å². The van der Waals surface area contributed by atoms with E-state index in [0.29, 0.717) is 28.8 Å². The van der Waals surface area contributed by atoms with Crippen molar-refractivity contribution < 1.29 is 19.1 Å². The molecule has 1 aliphatic heterocycles. The molecule has 7 heteroatoms. The number of imide groups is 1. The molecule has 1 heterocycles. The lowest BCUT2D eigenvalue weighted by Crippen LogP contribution is -2.38. The first-order valence-corrected chi connectivity index (χ1v) is 8.48. The summed E-state index contributed by atoms with van der Waals surface area (Å²) in [6.45, 7) is 0.429. The quantitative estimate of drug-likeness (QED) is 0.787. The molecule has 2 amide bonds. The fraction of sp³-hybridized carbons (Fsp3) is 0.263. The van der Waals surface area contributed by atoms with Crippen molar-refractivity contribution in [1.82, 2.24) is 5.32 Å². The van der Waals surface area contributed by atoms with Gasteiger partial charge in [0, 0.05) is 11.6 Å². The largest absolute Gasteiger partial charge is 0.493 e. The predicted molar refractivity (Wildman–Crippen MR) is 98.7 cm³/mol. The molecule has 1 fully saturated rings. The van der Waals surface area contributed by atoms with Gasteiger partial charge in [0.25, 0.3) is 5.91 Å². The van der Waals surface area contributed by atoms with Gasteiger partial charge in [0.15, 0.2) is 11.5 Å². The van der Waals surface area contributed by atoms with Crippen molar-refractivity contribution in [3.63, 3.8) is 0 Å². The zero-order chi connectivity index (χ0) is 18.7. The van der Waals surface area contributed by atoms with Gasteiger partial charge < -0.3 is 14.8 Å². The van der Waals surface area contributed by atoms with Gasteiger partial charge in [-0.1, -0.05) is 17.7 Å². The first kappa shape index (κ1) is 18.2. The van der Waals surface area contributed by atoms with Gasteiger partial charge in [-0.25, -0.2) is 4.90 Å². The van der Waals surface area contributed by atoms with Gasteiger partial charge >= 0.3 is 0 Å². The predicted octanol–water partition coefficient (Wildman–Crippen LogP) is 2.78. The van der Waals surface area contributed by atoms with Crippen LogP contribution in [0.4, 0.5) is 5.69 Å². The minimum absolute atomic E-state index is 0.120. The summed E-state index contributed by atoms with van der Waals surface area (Å²) < 4.78 is 10.5. The molecule has 0 bridgehead atoms. The van der Waals surface area contributed by atoms with Crippen LogP contribution in [0.5, 0.6) is 11.5 Å². The van der Waals surface area contributed by atoms with Crippen LogP contribution < -0.4 is 19.7 Å². The maximum Gasteiger partial charge on any atom is 0.251 e. The Morgan fingerprint density at radius 3 is 2.42 bits per heavy atom. The van der Waals surface area contributed by atoms with E-state index in [0.717, 1.165) is 5.56 Å². The van der Waals surface area contributed by atoms with E-state index >= 15 is 0 Å². The number of rotatable bonds is 6. The molecular formula is C19H19ClN2O4. The van der Waals surface area contributed by atoms with Crippen molar-refractivity contribution in [3.8, 4) is 11.5 Å². The number of amides is 2. The van der Waals surface area contributed by atoms with Gasteiger partial charge in [-0.3, -0.25) is 9.59 Å². The monoisotopic (exact) mass is 374 g/mol.